The minimum Gasteiger partial charge on any atom is -0.381 e. The molecule has 1 fully saturated rings. The summed E-state index contributed by atoms with van der Waals surface area (Å²) in [5.74, 6) is 0.620. The Kier molecular flexibility index (Phi) is 3.35. The summed E-state index contributed by atoms with van der Waals surface area (Å²) in [6.45, 7) is 1.78. The molecule has 0 N–H and O–H groups in total. The van der Waals surface area contributed by atoms with E-state index in [1.54, 1.807) is 11.3 Å². The van der Waals surface area contributed by atoms with Crippen LogP contribution in [-0.4, -0.2) is 23.0 Å². The van der Waals surface area contributed by atoms with Gasteiger partial charge in [-0.2, -0.15) is 0 Å². The Morgan fingerprint density at radius 2 is 2.62 bits per heavy atom. The minimum absolute atomic E-state index is 0.614. The Balaban J connectivity index is 1.93. The van der Waals surface area contributed by atoms with Crippen molar-refractivity contribution in [2.45, 2.75) is 17.7 Å². The van der Waals surface area contributed by atoms with Gasteiger partial charge in [-0.15, -0.1) is 11.3 Å². The first-order chi connectivity index (χ1) is 6.36. The summed E-state index contributed by atoms with van der Waals surface area (Å²) < 4.78 is 5.46. The van der Waals surface area contributed by atoms with Crippen LogP contribution in [0.3, 0.4) is 0 Å². The fourth-order valence-corrected chi connectivity index (χ4v) is 2.77. The molecule has 1 aliphatic heterocycles. The molecule has 1 aliphatic rings. The van der Waals surface area contributed by atoms with Crippen molar-refractivity contribution >= 4 is 27.3 Å². The highest BCUT2D eigenvalue weighted by molar-refractivity contribution is 9.09. The molecule has 2 nitrogen and oxygen atoms in total. The fourth-order valence-electron chi connectivity index (χ4n) is 1.56. The van der Waals surface area contributed by atoms with Gasteiger partial charge in [-0.05, 0) is 18.8 Å². The van der Waals surface area contributed by atoms with E-state index in [0.29, 0.717) is 10.7 Å². The van der Waals surface area contributed by atoms with Gasteiger partial charge < -0.3 is 4.74 Å². The summed E-state index contributed by atoms with van der Waals surface area (Å²) in [5, 5.41) is 0. The molecule has 0 amide bonds. The van der Waals surface area contributed by atoms with Gasteiger partial charge in [-0.1, -0.05) is 15.9 Å². The first-order valence-corrected chi connectivity index (χ1v) is 6.25. The Morgan fingerprint density at radius 1 is 1.69 bits per heavy atom. The van der Waals surface area contributed by atoms with E-state index in [0.717, 1.165) is 26.1 Å². The first kappa shape index (κ1) is 9.62. The molecule has 1 aromatic rings. The number of alkyl halides is 1. The maximum atomic E-state index is 5.46. The second kappa shape index (κ2) is 4.53. The smallest absolute Gasteiger partial charge is 0.0794 e. The van der Waals surface area contributed by atoms with Crippen LogP contribution in [-0.2, 0) is 11.2 Å². The summed E-state index contributed by atoms with van der Waals surface area (Å²) in [6.07, 6.45) is 4.18. The summed E-state index contributed by atoms with van der Waals surface area (Å²) >= 11 is 5.44. The van der Waals surface area contributed by atoms with Crippen molar-refractivity contribution in [3.05, 3.63) is 16.6 Å². The predicted octanol–water partition coefficient (Wildman–Crippen LogP) is 2.49. The second-order valence-corrected chi connectivity index (χ2v) is 5.46. The lowest BCUT2D eigenvalue weighted by Crippen LogP contribution is -2.29. The molecule has 0 radical (unpaired) electrons. The van der Waals surface area contributed by atoms with Gasteiger partial charge in [-0.25, -0.2) is 0 Å². The third-order valence-corrected chi connectivity index (χ3v) is 4.34. The Morgan fingerprint density at radius 3 is 3.31 bits per heavy atom. The van der Waals surface area contributed by atoms with Gasteiger partial charge in [0.2, 0.25) is 0 Å². The van der Waals surface area contributed by atoms with E-state index in [2.05, 4.69) is 20.9 Å². The molecule has 1 aromatic heterocycles. The third kappa shape index (κ3) is 2.51. The topological polar surface area (TPSA) is 22.1 Å². The molecule has 2 unspecified atom stereocenters. The van der Waals surface area contributed by atoms with E-state index in [9.17, 15) is 0 Å². The minimum atomic E-state index is 0.614. The number of hydrogen-bond donors (Lipinski definition) is 0. The lowest BCUT2D eigenvalue weighted by atomic mass is 9.98. The van der Waals surface area contributed by atoms with Crippen molar-refractivity contribution in [3.63, 3.8) is 0 Å². The number of aromatic nitrogens is 1. The molecule has 2 heterocycles. The fraction of sp³-hybridized carbons (Fsp3) is 0.667. The molecular weight excluding hydrogens is 250 g/mol. The zero-order valence-corrected chi connectivity index (χ0v) is 9.68. The zero-order valence-electron chi connectivity index (χ0n) is 7.28. The standard InChI is InChI=1S/C9H12BrNOS/c10-9-1-2-12-5-7(9)3-8-4-11-6-13-8/h4,6-7,9H,1-3,5H2. The maximum Gasteiger partial charge on any atom is 0.0794 e. The number of ether oxygens (including phenoxy) is 1. The van der Waals surface area contributed by atoms with Gasteiger partial charge >= 0.3 is 0 Å². The van der Waals surface area contributed by atoms with E-state index >= 15 is 0 Å². The lowest BCUT2D eigenvalue weighted by molar-refractivity contribution is 0.0608. The molecule has 2 rings (SSSR count). The van der Waals surface area contributed by atoms with Crippen LogP contribution < -0.4 is 0 Å². The van der Waals surface area contributed by atoms with Crippen molar-refractivity contribution in [3.8, 4) is 0 Å². The van der Waals surface area contributed by atoms with E-state index in [1.165, 1.54) is 4.88 Å². The van der Waals surface area contributed by atoms with Gasteiger partial charge in [0.15, 0.2) is 0 Å². The van der Waals surface area contributed by atoms with Gasteiger partial charge in [0.05, 0.1) is 12.1 Å². The average molecular weight is 262 g/mol. The van der Waals surface area contributed by atoms with Crippen molar-refractivity contribution in [1.29, 1.82) is 0 Å². The highest BCUT2D eigenvalue weighted by Gasteiger charge is 2.23. The van der Waals surface area contributed by atoms with Gasteiger partial charge in [0, 0.05) is 22.5 Å². The van der Waals surface area contributed by atoms with E-state index < -0.39 is 0 Å². The van der Waals surface area contributed by atoms with Crippen LogP contribution >= 0.6 is 27.3 Å². The van der Waals surface area contributed by atoms with Gasteiger partial charge in [0.1, 0.15) is 0 Å². The molecule has 0 spiro atoms. The molecule has 1 saturated heterocycles. The summed E-state index contributed by atoms with van der Waals surface area (Å²) in [7, 11) is 0. The SMILES string of the molecule is BrC1CCOCC1Cc1cncs1. The molecule has 0 bridgehead atoms. The third-order valence-electron chi connectivity index (χ3n) is 2.33. The number of rotatable bonds is 2. The van der Waals surface area contributed by atoms with E-state index in [1.807, 2.05) is 11.7 Å². The van der Waals surface area contributed by atoms with Crippen molar-refractivity contribution in [2.24, 2.45) is 5.92 Å². The highest BCUT2D eigenvalue weighted by atomic mass is 79.9. The number of thiazole rings is 1. The monoisotopic (exact) mass is 261 g/mol. The molecule has 2 atom stereocenters. The van der Waals surface area contributed by atoms with E-state index in [4.69, 9.17) is 4.74 Å². The Hall–Kier alpha value is 0.0700. The molecular formula is C9H12BrNOS. The summed E-state index contributed by atoms with van der Waals surface area (Å²) in [4.78, 5) is 6.05. The number of halogens is 1. The maximum absolute atomic E-state index is 5.46. The van der Waals surface area contributed by atoms with Crippen LogP contribution in [0, 0.1) is 5.92 Å². The van der Waals surface area contributed by atoms with Crippen molar-refractivity contribution in [2.75, 3.05) is 13.2 Å². The largest absolute Gasteiger partial charge is 0.381 e. The van der Waals surface area contributed by atoms with Crippen molar-refractivity contribution < 1.29 is 4.74 Å². The first-order valence-electron chi connectivity index (χ1n) is 4.45. The van der Waals surface area contributed by atoms with Crippen LogP contribution in [0.1, 0.15) is 11.3 Å². The van der Waals surface area contributed by atoms with Crippen molar-refractivity contribution in [1.82, 2.24) is 4.98 Å². The van der Waals surface area contributed by atoms with Gasteiger partial charge in [0.25, 0.3) is 0 Å². The Bertz CT molecular complexity index is 252. The lowest BCUT2D eigenvalue weighted by Gasteiger charge is -2.26. The highest BCUT2D eigenvalue weighted by Crippen LogP contribution is 2.26. The summed E-state index contributed by atoms with van der Waals surface area (Å²) in [5.41, 5.74) is 1.89. The van der Waals surface area contributed by atoms with Crippen LogP contribution in [0.4, 0.5) is 0 Å². The van der Waals surface area contributed by atoms with Crippen LogP contribution in [0.2, 0.25) is 0 Å². The number of hydrogen-bond acceptors (Lipinski definition) is 3. The van der Waals surface area contributed by atoms with Crippen LogP contribution in [0.25, 0.3) is 0 Å². The number of nitrogens with zero attached hydrogens (tertiary/aromatic N) is 1. The van der Waals surface area contributed by atoms with Crippen LogP contribution in [0.5, 0.6) is 0 Å². The molecule has 0 aromatic carbocycles. The van der Waals surface area contributed by atoms with Crippen LogP contribution in [0.15, 0.2) is 11.7 Å². The zero-order chi connectivity index (χ0) is 9.10. The second-order valence-electron chi connectivity index (χ2n) is 3.31. The Labute approximate surface area is 90.5 Å². The molecule has 0 saturated carbocycles. The summed E-state index contributed by atoms with van der Waals surface area (Å²) in [6, 6.07) is 0. The molecule has 0 aliphatic carbocycles. The van der Waals surface area contributed by atoms with Gasteiger partial charge in [-0.3, -0.25) is 4.98 Å². The van der Waals surface area contributed by atoms with E-state index in [-0.39, 0.29) is 0 Å². The quantitative estimate of drug-likeness (QED) is 0.764. The normalized spacial score (nSPS) is 29.0. The predicted molar refractivity (Wildman–Crippen MR) is 57.5 cm³/mol. The average Bonchev–Trinajstić information content (AvgIpc) is 2.61. The molecule has 4 heteroatoms. The molecule has 72 valence electrons. The molecule has 13 heavy (non-hydrogen) atoms.